The number of hydrogen-bond acceptors (Lipinski definition) is 4. The summed E-state index contributed by atoms with van der Waals surface area (Å²) >= 11 is 2.06. The number of pyridine rings is 1. The zero-order chi connectivity index (χ0) is 17.9. The first-order valence-corrected chi connectivity index (χ1v) is 10.6. The Bertz CT molecular complexity index is 836. The molecule has 4 rings (SSSR count). The molecule has 2 aliphatic rings. The molecule has 2 aromatic rings. The van der Waals surface area contributed by atoms with Crippen molar-refractivity contribution in [3.63, 3.8) is 0 Å². The number of carbonyl (C=O) groups excluding carboxylic acids is 1. The first kappa shape index (κ1) is 17.6. The molecular formula is C20H25N3O2S. The molecule has 2 N–H and O–H groups in total. The van der Waals surface area contributed by atoms with Crippen molar-refractivity contribution in [2.75, 3.05) is 24.6 Å². The topological polar surface area (TPSA) is 65.2 Å². The van der Waals surface area contributed by atoms with Crippen LogP contribution in [0.2, 0.25) is 0 Å². The third kappa shape index (κ3) is 3.81. The molecule has 0 atom stereocenters. The fraction of sp³-hybridized carbons (Fsp3) is 0.500. The maximum atomic E-state index is 12.8. The average molecular weight is 372 g/mol. The largest absolute Gasteiger partial charge is 0.349 e. The maximum Gasteiger partial charge on any atom is 0.252 e. The molecule has 3 heterocycles. The third-order valence-corrected chi connectivity index (χ3v) is 6.62. The molecule has 0 unspecified atom stereocenters. The van der Waals surface area contributed by atoms with E-state index in [1.165, 1.54) is 30.4 Å². The van der Waals surface area contributed by atoms with Gasteiger partial charge in [-0.25, -0.2) is 0 Å². The third-order valence-electron chi connectivity index (χ3n) is 5.57. The fourth-order valence-electron chi connectivity index (χ4n) is 4.11. The van der Waals surface area contributed by atoms with Crippen molar-refractivity contribution in [2.45, 2.75) is 37.8 Å². The van der Waals surface area contributed by atoms with Gasteiger partial charge in [0, 0.05) is 42.1 Å². The van der Waals surface area contributed by atoms with Gasteiger partial charge in [-0.1, -0.05) is 18.2 Å². The van der Waals surface area contributed by atoms with Crippen LogP contribution in [-0.2, 0) is 0 Å². The van der Waals surface area contributed by atoms with Crippen LogP contribution in [0.15, 0.2) is 35.1 Å². The minimum absolute atomic E-state index is 0.139. The summed E-state index contributed by atoms with van der Waals surface area (Å²) in [6, 6.07) is 9.78. The van der Waals surface area contributed by atoms with E-state index in [0.29, 0.717) is 11.1 Å². The van der Waals surface area contributed by atoms with E-state index >= 15 is 0 Å². The highest BCUT2D eigenvalue weighted by Crippen LogP contribution is 2.25. The number of amides is 1. The molecule has 0 spiro atoms. The van der Waals surface area contributed by atoms with Gasteiger partial charge < -0.3 is 15.2 Å². The molecule has 0 bridgehead atoms. The van der Waals surface area contributed by atoms with Gasteiger partial charge in [0.15, 0.2) is 0 Å². The van der Waals surface area contributed by atoms with Gasteiger partial charge in [0.05, 0.1) is 5.56 Å². The Morgan fingerprint density at radius 3 is 2.62 bits per heavy atom. The van der Waals surface area contributed by atoms with E-state index < -0.39 is 0 Å². The zero-order valence-electron chi connectivity index (χ0n) is 14.9. The lowest BCUT2D eigenvalue weighted by atomic mass is 10.00. The summed E-state index contributed by atoms with van der Waals surface area (Å²) in [7, 11) is 0. The van der Waals surface area contributed by atoms with Crippen molar-refractivity contribution in [2.24, 2.45) is 0 Å². The number of para-hydroxylation sites is 1. The summed E-state index contributed by atoms with van der Waals surface area (Å²) in [5, 5.41) is 3.95. The number of rotatable bonds is 3. The zero-order valence-corrected chi connectivity index (χ0v) is 15.7. The van der Waals surface area contributed by atoms with E-state index in [1.54, 1.807) is 0 Å². The number of piperidine rings is 1. The summed E-state index contributed by atoms with van der Waals surface area (Å²) in [5.41, 5.74) is 0.935. The van der Waals surface area contributed by atoms with Crippen LogP contribution in [0.4, 0.5) is 0 Å². The summed E-state index contributed by atoms with van der Waals surface area (Å²) in [4.78, 5) is 30.0. The highest BCUT2D eigenvalue weighted by Gasteiger charge is 2.27. The van der Waals surface area contributed by atoms with Crippen molar-refractivity contribution in [3.8, 4) is 0 Å². The quantitative estimate of drug-likeness (QED) is 0.871. The molecule has 1 aromatic heterocycles. The smallest absolute Gasteiger partial charge is 0.252 e. The molecular weight excluding hydrogens is 346 g/mol. The first-order chi connectivity index (χ1) is 12.7. The van der Waals surface area contributed by atoms with Crippen molar-refractivity contribution in [1.29, 1.82) is 0 Å². The predicted molar refractivity (Wildman–Crippen MR) is 107 cm³/mol. The highest BCUT2D eigenvalue weighted by molar-refractivity contribution is 7.99. The van der Waals surface area contributed by atoms with Crippen molar-refractivity contribution in [3.05, 3.63) is 46.2 Å². The van der Waals surface area contributed by atoms with Crippen LogP contribution in [0.3, 0.4) is 0 Å². The number of thioether (sulfide) groups is 1. The molecule has 138 valence electrons. The van der Waals surface area contributed by atoms with Gasteiger partial charge in [0.1, 0.15) is 0 Å². The molecule has 2 fully saturated rings. The number of nitrogens with zero attached hydrogens (tertiary/aromatic N) is 1. The Hall–Kier alpha value is -1.79. The predicted octanol–water partition coefficient (Wildman–Crippen LogP) is 2.62. The molecule has 26 heavy (non-hydrogen) atoms. The standard InChI is InChI=1S/C20H25N3O2S/c24-19-13-17(16-3-1-2-4-18(16)22-19)20(25)21-14-5-9-23(10-6-14)15-7-11-26-12-8-15/h1-4,13-15H,5-12H2,(H,21,25)(H,22,24). The van der Waals surface area contributed by atoms with Crippen molar-refractivity contribution < 1.29 is 4.79 Å². The number of hydrogen-bond donors (Lipinski definition) is 2. The van der Waals surface area contributed by atoms with Gasteiger partial charge in [0.25, 0.3) is 5.91 Å². The van der Waals surface area contributed by atoms with Crippen LogP contribution in [-0.4, -0.2) is 52.5 Å². The SMILES string of the molecule is O=C(NC1CCN(C2CCSCC2)CC1)c1cc(=O)[nH]c2ccccc12. The monoisotopic (exact) mass is 371 g/mol. The van der Waals surface area contributed by atoms with E-state index in [0.717, 1.165) is 37.4 Å². The molecule has 1 amide bonds. The van der Waals surface area contributed by atoms with Crippen LogP contribution in [0.5, 0.6) is 0 Å². The summed E-state index contributed by atoms with van der Waals surface area (Å²) in [5.74, 6) is 2.41. The van der Waals surface area contributed by atoms with Crippen molar-refractivity contribution >= 4 is 28.6 Å². The van der Waals surface area contributed by atoms with Crippen LogP contribution < -0.4 is 10.9 Å². The number of fused-ring (bicyclic) bond motifs is 1. The van der Waals surface area contributed by atoms with E-state index in [4.69, 9.17) is 0 Å². The van der Waals surface area contributed by atoms with Crippen LogP contribution in [0.1, 0.15) is 36.0 Å². The Morgan fingerprint density at radius 1 is 1.12 bits per heavy atom. The fourth-order valence-corrected chi connectivity index (χ4v) is 5.20. The first-order valence-electron chi connectivity index (χ1n) is 9.45. The van der Waals surface area contributed by atoms with Gasteiger partial charge in [-0.3, -0.25) is 9.59 Å². The van der Waals surface area contributed by atoms with E-state index in [-0.39, 0.29) is 17.5 Å². The van der Waals surface area contributed by atoms with E-state index in [9.17, 15) is 9.59 Å². The highest BCUT2D eigenvalue weighted by atomic mass is 32.2. The second-order valence-electron chi connectivity index (χ2n) is 7.22. The van der Waals surface area contributed by atoms with Gasteiger partial charge in [-0.2, -0.15) is 11.8 Å². The molecule has 2 saturated heterocycles. The lowest BCUT2D eigenvalue weighted by Gasteiger charge is -2.39. The van der Waals surface area contributed by atoms with Gasteiger partial charge >= 0.3 is 0 Å². The van der Waals surface area contributed by atoms with E-state index in [1.807, 2.05) is 24.3 Å². The lowest BCUT2D eigenvalue weighted by Crippen LogP contribution is -2.48. The summed E-state index contributed by atoms with van der Waals surface area (Å²) in [6.45, 7) is 2.10. The number of nitrogens with one attached hydrogen (secondary N) is 2. The second kappa shape index (κ2) is 7.84. The maximum absolute atomic E-state index is 12.8. The molecule has 5 nitrogen and oxygen atoms in total. The average Bonchev–Trinajstić information content (AvgIpc) is 2.68. The Kier molecular flexibility index (Phi) is 5.31. The van der Waals surface area contributed by atoms with Gasteiger partial charge in [-0.15, -0.1) is 0 Å². The van der Waals surface area contributed by atoms with Crippen LogP contribution >= 0.6 is 11.8 Å². The summed E-state index contributed by atoms with van der Waals surface area (Å²) < 4.78 is 0. The molecule has 2 aliphatic heterocycles. The number of benzene rings is 1. The lowest BCUT2D eigenvalue weighted by molar-refractivity contribution is 0.0888. The van der Waals surface area contributed by atoms with E-state index in [2.05, 4.69) is 27.0 Å². The van der Waals surface area contributed by atoms with Crippen molar-refractivity contribution in [1.82, 2.24) is 15.2 Å². The normalized spacial score (nSPS) is 20.3. The molecule has 6 heteroatoms. The van der Waals surface area contributed by atoms with Gasteiger partial charge in [0.2, 0.25) is 5.56 Å². The molecule has 0 radical (unpaired) electrons. The number of carbonyl (C=O) groups is 1. The minimum Gasteiger partial charge on any atom is -0.349 e. The Balaban J connectivity index is 1.41. The second-order valence-corrected chi connectivity index (χ2v) is 8.44. The Morgan fingerprint density at radius 2 is 1.85 bits per heavy atom. The number of aromatic nitrogens is 1. The van der Waals surface area contributed by atoms with Crippen LogP contribution in [0, 0.1) is 0 Å². The molecule has 0 saturated carbocycles. The number of likely N-dealkylation sites (tertiary alicyclic amines) is 1. The molecule has 1 aromatic carbocycles. The summed E-state index contributed by atoms with van der Waals surface area (Å²) in [6.07, 6.45) is 4.55. The molecule has 0 aliphatic carbocycles. The number of H-pyrrole nitrogens is 1. The number of aromatic amines is 1. The van der Waals surface area contributed by atoms with Crippen LogP contribution in [0.25, 0.3) is 10.9 Å². The Labute approximate surface area is 157 Å². The van der Waals surface area contributed by atoms with Gasteiger partial charge in [-0.05, 0) is 43.3 Å². The minimum atomic E-state index is -0.237.